The van der Waals surface area contributed by atoms with Crippen LogP contribution in [0.4, 0.5) is 5.82 Å². The first-order valence-electron chi connectivity index (χ1n) is 10.5. The van der Waals surface area contributed by atoms with Crippen molar-refractivity contribution in [3.05, 3.63) is 54.1 Å². The van der Waals surface area contributed by atoms with Crippen LogP contribution < -0.4 is 9.64 Å². The third-order valence-electron chi connectivity index (χ3n) is 5.65. The number of fused-ring (bicyclic) bond motifs is 1. The normalized spacial score (nSPS) is 15.3. The van der Waals surface area contributed by atoms with Gasteiger partial charge in [-0.2, -0.15) is 0 Å². The van der Waals surface area contributed by atoms with Crippen molar-refractivity contribution in [2.75, 3.05) is 31.3 Å². The van der Waals surface area contributed by atoms with Gasteiger partial charge in [0, 0.05) is 30.8 Å². The Balaban J connectivity index is 1.63. The molecule has 0 amide bonds. The lowest BCUT2D eigenvalue weighted by Gasteiger charge is -2.33. The first kappa shape index (κ1) is 21.6. The third-order valence-corrected chi connectivity index (χ3v) is 6.31. The molecule has 31 heavy (non-hydrogen) atoms. The van der Waals surface area contributed by atoms with Gasteiger partial charge in [0.15, 0.2) is 14.2 Å². The van der Waals surface area contributed by atoms with E-state index in [0.717, 1.165) is 60.5 Å². The minimum absolute atomic E-state index is 0.496. The first-order valence-corrected chi connectivity index (χ1v) is 11.9. The van der Waals surface area contributed by atoms with E-state index in [4.69, 9.17) is 14.7 Å². The van der Waals surface area contributed by atoms with Gasteiger partial charge in [-0.15, -0.1) is 0 Å². The fraction of sp³-hybridized carbons (Fsp3) is 0.348. The van der Waals surface area contributed by atoms with Crippen molar-refractivity contribution in [3.8, 4) is 5.75 Å². The van der Waals surface area contributed by atoms with Crippen LogP contribution in [-0.2, 0) is 0 Å². The van der Waals surface area contributed by atoms with Gasteiger partial charge in [-0.25, -0.2) is 9.97 Å². The second-order valence-electron chi connectivity index (χ2n) is 7.66. The maximum Gasteiger partial charge on any atom is 0.164 e. The van der Waals surface area contributed by atoms with Gasteiger partial charge in [-0.05, 0) is 61.6 Å². The van der Waals surface area contributed by atoms with E-state index in [-0.39, 0.29) is 0 Å². The number of benzene rings is 1. The number of anilines is 1. The van der Waals surface area contributed by atoms with Crippen molar-refractivity contribution in [1.29, 1.82) is 0 Å². The van der Waals surface area contributed by atoms with Crippen LogP contribution >= 0.6 is 8.38 Å². The van der Waals surface area contributed by atoms with Crippen molar-refractivity contribution >= 4 is 37.2 Å². The van der Waals surface area contributed by atoms with Crippen molar-refractivity contribution in [2.45, 2.75) is 19.3 Å². The Labute approximate surface area is 183 Å². The minimum Gasteiger partial charge on any atom is -0.494 e. The zero-order chi connectivity index (χ0) is 21.6. The highest BCUT2D eigenvalue weighted by atomic mass is 31.2. The van der Waals surface area contributed by atoms with Gasteiger partial charge in [0.2, 0.25) is 0 Å². The molecule has 1 aliphatic rings. The molecule has 7 nitrogen and oxygen atoms in total. The lowest BCUT2D eigenvalue weighted by Crippen LogP contribution is -2.34. The Bertz CT molecular complexity index is 1040. The smallest absolute Gasteiger partial charge is 0.164 e. The monoisotopic (exact) mass is 438 g/mol. The number of methoxy groups -OCH3 is 1. The van der Waals surface area contributed by atoms with Crippen LogP contribution in [0.25, 0.3) is 23.1 Å². The van der Waals surface area contributed by atoms with Gasteiger partial charge in [0.05, 0.1) is 12.8 Å². The fourth-order valence-electron chi connectivity index (χ4n) is 3.97. The quantitative estimate of drug-likeness (QED) is 0.537. The summed E-state index contributed by atoms with van der Waals surface area (Å²) in [5.74, 6) is 2.77. The molecule has 0 spiro atoms. The molecule has 0 bridgehead atoms. The standard InChI is InChI=1S/C23H27N4O3P/c1-30-20-7-4-6-19-22(20)25-21(9-8-18-5-2-3-13-24-18)26-23(19)27-14-10-17(11-15-27)12-16-31(28)29/h2-9,13,17,28-29H,10-12,14-16H2,1H3/b9-8+. The molecule has 0 radical (unpaired) electrons. The molecule has 2 N–H and O–H groups in total. The van der Waals surface area contributed by atoms with Gasteiger partial charge in [0.25, 0.3) is 0 Å². The number of hydrogen-bond acceptors (Lipinski definition) is 7. The predicted octanol–water partition coefficient (Wildman–Crippen LogP) is 4.11. The van der Waals surface area contributed by atoms with Crippen LogP contribution in [-0.4, -0.2) is 51.1 Å². The van der Waals surface area contributed by atoms with Crippen LogP contribution in [0.5, 0.6) is 5.75 Å². The van der Waals surface area contributed by atoms with Crippen LogP contribution in [0.15, 0.2) is 42.6 Å². The number of piperidine rings is 1. The number of rotatable bonds is 7. The molecule has 3 heterocycles. The van der Waals surface area contributed by atoms with E-state index in [9.17, 15) is 9.79 Å². The SMILES string of the molecule is COc1cccc2c(N3CCC(CCP(O)O)CC3)nc(/C=C/c3ccccn3)nc12. The van der Waals surface area contributed by atoms with Crippen molar-refractivity contribution in [1.82, 2.24) is 15.0 Å². The van der Waals surface area contributed by atoms with Crippen molar-refractivity contribution < 1.29 is 14.5 Å². The third kappa shape index (κ3) is 5.37. The van der Waals surface area contributed by atoms with E-state index >= 15 is 0 Å². The summed E-state index contributed by atoms with van der Waals surface area (Å²) in [7, 11) is -0.143. The second-order valence-corrected chi connectivity index (χ2v) is 8.86. The summed E-state index contributed by atoms with van der Waals surface area (Å²) in [6.07, 6.45) is 8.94. The van der Waals surface area contributed by atoms with Gasteiger partial charge >= 0.3 is 0 Å². The molecule has 1 fully saturated rings. The zero-order valence-electron chi connectivity index (χ0n) is 17.6. The zero-order valence-corrected chi connectivity index (χ0v) is 18.4. The summed E-state index contributed by atoms with van der Waals surface area (Å²) in [5, 5.41) is 0.974. The molecule has 3 aromatic rings. The average molecular weight is 438 g/mol. The van der Waals surface area contributed by atoms with E-state index in [2.05, 4.69) is 9.88 Å². The Morgan fingerprint density at radius 1 is 1.10 bits per heavy atom. The summed E-state index contributed by atoms with van der Waals surface area (Å²) >= 11 is 0. The van der Waals surface area contributed by atoms with Gasteiger partial charge < -0.3 is 19.4 Å². The highest BCUT2D eigenvalue weighted by Gasteiger charge is 2.23. The summed E-state index contributed by atoms with van der Waals surface area (Å²) in [4.78, 5) is 34.7. The van der Waals surface area contributed by atoms with E-state index in [1.54, 1.807) is 13.3 Å². The maximum atomic E-state index is 9.21. The first-order chi connectivity index (χ1) is 15.1. The molecule has 1 aliphatic heterocycles. The topological polar surface area (TPSA) is 91.6 Å². The molecular formula is C23H27N4O3P. The molecule has 0 aliphatic carbocycles. The predicted molar refractivity (Wildman–Crippen MR) is 125 cm³/mol. The molecule has 1 aromatic carbocycles. The number of pyridine rings is 1. The lowest BCUT2D eigenvalue weighted by atomic mass is 9.94. The Morgan fingerprint density at radius 3 is 2.65 bits per heavy atom. The van der Waals surface area contributed by atoms with E-state index < -0.39 is 8.38 Å². The fourth-order valence-corrected chi connectivity index (χ4v) is 4.57. The largest absolute Gasteiger partial charge is 0.494 e. The van der Waals surface area contributed by atoms with E-state index in [1.165, 1.54) is 0 Å². The van der Waals surface area contributed by atoms with Crippen LogP contribution in [0, 0.1) is 5.92 Å². The van der Waals surface area contributed by atoms with Crippen LogP contribution in [0.1, 0.15) is 30.8 Å². The van der Waals surface area contributed by atoms with Crippen molar-refractivity contribution in [2.24, 2.45) is 5.92 Å². The van der Waals surface area contributed by atoms with Gasteiger partial charge in [-0.1, -0.05) is 12.1 Å². The summed E-state index contributed by atoms with van der Waals surface area (Å²) in [6, 6.07) is 11.7. The van der Waals surface area contributed by atoms with E-state index in [0.29, 0.717) is 17.9 Å². The summed E-state index contributed by atoms with van der Waals surface area (Å²) in [5.41, 5.74) is 1.64. The highest BCUT2D eigenvalue weighted by Crippen LogP contribution is 2.34. The summed E-state index contributed by atoms with van der Waals surface area (Å²) < 4.78 is 5.57. The van der Waals surface area contributed by atoms with Gasteiger partial charge in [0.1, 0.15) is 17.1 Å². The maximum absolute atomic E-state index is 9.21. The Morgan fingerprint density at radius 2 is 1.94 bits per heavy atom. The van der Waals surface area contributed by atoms with E-state index in [1.807, 2.05) is 48.6 Å². The molecule has 0 atom stereocenters. The number of para-hydroxylation sites is 1. The van der Waals surface area contributed by atoms with Crippen molar-refractivity contribution in [3.63, 3.8) is 0 Å². The second kappa shape index (κ2) is 10.1. The summed E-state index contributed by atoms with van der Waals surface area (Å²) in [6.45, 7) is 1.76. The molecule has 2 aromatic heterocycles. The highest BCUT2D eigenvalue weighted by molar-refractivity contribution is 7.45. The van der Waals surface area contributed by atoms with Crippen LogP contribution in [0.3, 0.4) is 0 Å². The molecule has 0 saturated carbocycles. The number of aromatic nitrogens is 3. The number of ether oxygens (including phenoxy) is 1. The number of nitrogens with zero attached hydrogens (tertiary/aromatic N) is 4. The molecule has 1 saturated heterocycles. The van der Waals surface area contributed by atoms with Gasteiger partial charge in [-0.3, -0.25) is 4.98 Å². The lowest BCUT2D eigenvalue weighted by molar-refractivity contribution is 0.386. The Kier molecular flexibility index (Phi) is 7.07. The minimum atomic E-state index is -1.80. The molecule has 0 unspecified atom stereocenters. The molecule has 162 valence electrons. The average Bonchev–Trinajstić information content (AvgIpc) is 2.81. The van der Waals surface area contributed by atoms with Crippen LogP contribution in [0.2, 0.25) is 0 Å². The molecular weight excluding hydrogens is 411 g/mol. The number of hydrogen-bond donors (Lipinski definition) is 2. The molecule has 8 heteroatoms. The molecule has 4 rings (SSSR count). The Hall–Kier alpha value is -2.60.